The zero-order chi connectivity index (χ0) is 12.0. The minimum atomic E-state index is -0.630. The second-order valence-electron chi connectivity index (χ2n) is 3.96. The quantitative estimate of drug-likeness (QED) is 0.582. The molecule has 1 N–H and O–H groups in total. The molecule has 3 heteroatoms. The Kier molecular flexibility index (Phi) is 4.75. The first-order chi connectivity index (χ1) is 7.59. The van der Waals surface area contributed by atoms with Gasteiger partial charge in [-0.25, -0.2) is 0 Å². The minimum absolute atomic E-state index is 0.0447. The van der Waals surface area contributed by atoms with Crippen molar-refractivity contribution in [1.29, 1.82) is 0 Å². The van der Waals surface area contributed by atoms with Crippen LogP contribution in [0.2, 0.25) is 0 Å². The third kappa shape index (κ3) is 3.82. The summed E-state index contributed by atoms with van der Waals surface area (Å²) in [7, 11) is 0. The molecule has 1 heterocycles. The van der Waals surface area contributed by atoms with Crippen molar-refractivity contribution in [3.63, 3.8) is 0 Å². The molecule has 0 saturated carbocycles. The van der Waals surface area contributed by atoms with E-state index in [9.17, 15) is 0 Å². The van der Waals surface area contributed by atoms with Crippen molar-refractivity contribution >= 4 is 0 Å². The fourth-order valence-corrected chi connectivity index (χ4v) is 1.53. The first kappa shape index (κ1) is 13.0. The molecule has 0 aromatic rings. The Balaban J connectivity index is 2.55. The topological polar surface area (TPSA) is 38.7 Å². The van der Waals surface area contributed by atoms with E-state index in [2.05, 4.69) is 11.8 Å². The Morgan fingerprint density at radius 2 is 2.06 bits per heavy atom. The number of hydrogen-bond acceptors (Lipinski definition) is 3. The number of aliphatic hydroxyl groups excluding tert-OH is 1. The van der Waals surface area contributed by atoms with Gasteiger partial charge in [0, 0.05) is 0 Å². The molecule has 1 rings (SSSR count). The summed E-state index contributed by atoms with van der Waals surface area (Å²) in [5.41, 5.74) is 0. The molecule has 1 fully saturated rings. The average molecular weight is 222 g/mol. The van der Waals surface area contributed by atoms with E-state index in [1.54, 1.807) is 13.0 Å². The smallest absolute Gasteiger partial charge is 0.164 e. The van der Waals surface area contributed by atoms with Gasteiger partial charge in [-0.3, -0.25) is 0 Å². The highest BCUT2D eigenvalue weighted by atomic mass is 16.8. The third-order valence-electron chi connectivity index (χ3n) is 2.14. The molecule has 16 heavy (non-hydrogen) atoms. The Morgan fingerprint density at radius 3 is 2.69 bits per heavy atom. The Morgan fingerprint density at radius 1 is 1.31 bits per heavy atom. The molecular formula is C13H18O3. The number of allylic oxidation sites excluding steroid dienone is 3. The van der Waals surface area contributed by atoms with Gasteiger partial charge in [0.2, 0.25) is 0 Å². The van der Waals surface area contributed by atoms with Gasteiger partial charge < -0.3 is 14.6 Å². The zero-order valence-corrected chi connectivity index (χ0v) is 9.93. The molecule has 0 amide bonds. The summed E-state index contributed by atoms with van der Waals surface area (Å²) in [4.78, 5) is 0. The molecular weight excluding hydrogens is 204 g/mol. The molecule has 0 aromatic heterocycles. The Labute approximate surface area is 96.8 Å². The molecule has 1 aliphatic rings. The molecule has 2 unspecified atom stereocenters. The maximum absolute atomic E-state index is 9.13. The van der Waals surface area contributed by atoms with Crippen LogP contribution in [0.3, 0.4) is 0 Å². The predicted octanol–water partition coefficient (Wildman–Crippen LogP) is 1.63. The molecule has 0 spiro atoms. The molecule has 0 aliphatic carbocycles. The second kappa shape index (κ2) is 5.86. The molecule has 2 atom stereocenters. The standard InChI is InChI=1S/C13H18O3/c1-4-5-6-7-8-9-11-12(10-14)16-13(2,3)15-11/h6-9,11-12,14H,10H2,1-3H3/b7-6+,9-8+. The van der Waals surface area contributed by atoms with E-state index < -0.39 is 5.79 Å². The van der Waals surface area contributed by atoms with Crippen LogP contribution >= 0.6 is 0 Å². The summed E-state index contributed by atoms with van der Waals surface area (Å²) in [6, 6.07) is 0. The van der Waals surface area contributed by atoms with Crippen molar-refractivity contribution in [1.82, 2.24) is 0 Å². The van der Waals surface area contributed by atoms with Crippen molar-refractivity contribution in [2.75, 3.05) is 6.61 Å². The molecule has 0 radical (unpaired) electrons. The van der Waals surface area contributed by atoms with Crippen LogP contribution < -0.4 is 0 Å². The Bertz CT molecular complexity index is 331. The van der Waals surface area contributed by atoms with E-state index in [0.717, 1.165) is 0 Å². The lowest BCUT2D eigenvalue weighted by molar-refractivity contribution is -0.146. The van der Waals surface area contributed by atoms with Crippen LogP contribution in [0.4, 0.5) is 0 Å². The lowest BCUT2D eigenvalue weighted by atomic mass is 10.2. The lowest BCUT2D eigenvalue weighted by Gasteiger charge is -2.15. The van der Waals surface area contributed by atoms with E-state index in [1.807, 2.05) is 32.1 Å². The van der Waals surface area contributed by atoms with Crippen LogP contribution in [0, 0.1) is 11.8 Å². The first-order valence-electron chi connectivity index (χ1n) is 5.31. The van der Waals surface area contributed by atoms with Crippen LogP contribution in [0.25, 0.3) is 0 Å². The molecule has 0 bridgehead atoms. The van der Waals surface area contributed by atoms with Crippen LogP contribution in [0.5, 0.6) is 0 Å². The van der Waals surface area contributed by atoms with E-state index >= 15 is 0 Å². The monoisotopic (exact) mass is 222 g/mol. The van der Waals surface area contributed by atoms with Gasteiger partial charge in [0.15, 0.2) is 5.79 Å². The molecule has 0 aromatic carbocycles. The van der Waals surface area contributed by atoms with Crippen LogP contribution in [0.15, 0.2) is 24.3 Å². The van der Waals surface area contributed by atoms with Crippen LogP contribution in [-0.2, 0) is 9.47 Å². The van der Waals surface area contributed by atoms with E-state index in [0.29, 0.717) is 0 Å². The third-order valence-corrected chi connectivity index (χ3v) is 2.14. The summed E-state index contributed by atoms with van der Waals surface area (Å²) in [5, 5.41) is 9.13. The molecule has 3 nitrogen and oxygen atoms in total. The highest BCUT2D eigenvalue weighted by molar-refractivity contribution is 5.19. The van der Waals surface area contributed by atoms with Gasteiger partial charge in [-0.15, -0.1) is 5.92 Å². The zero-order valence-electron chi connectivity index (χ0n) is 9.93. The van der Waals surface area contributed by atoms with Gasteiger partial charge in [0.1, 0.15) is 12.2 Å². The van der Waals surface area contributed by atoms with E-state index in [1.165, 1.54) is 0 Å². The highest BCUT2D eigenvalue weighted by Gasteiger charge is 2.39. The van der Waals surface area contributed by atoms with Crippen molar-refractivity contribution < 1.29 is 14.6 Å². The maximum atomic E-state index is 9.13. The number of hydrogen-bond donors (Lipinski definition) is 1. The van der Waals surface area contributed by atoms with Gasteiger partial charge in [0.05, 0.1) is 6.61 Å². The number of ether oxygens (including phenoxy) is 2. The van der Waals surface area contributed by atoms with Crippen LogP contribution in [0.1, 0.15) is 20.8 Å². The first-order valence-corrected chi connectivity index (χ1v) is 5.31. The lowest BCUT2D eigenvalue weighted by Crippen LogP contribution is -2.24. The summed E-state index contributed by atoms with van der Waals surface area (Å²) in [6.07, 6.45) is 6.80. The summed E-state index contributed by atoms with van der Waals surface area (Å²) < 4.78 is 11.1. The van der Waals surface area contributed by atoms with Gasteiger partial charge in [0.25, 0.3) is 0 Å². The maximum Gasteiger partial charge on any atom is 0.164 e. The van der Waals surface area contributed by atoms with E-state index in [-0.39, 0.29) is 18.8 Å². The fraction of sp³-hybridized carbons (Fsp3) is 0.538. The SMILES string of the molecule is CC#C/C=C/C=C/C1OC(C)(C)OC1CO. The normalized spacial score (nSPS) is 28.5. The van der Waals surface area contributed by atoms with Crippen molar-refractivity contribution in [2.45, 2.75) is 38.8 Å². The van der Waals surface area contributed by atoms with Gasteiger partial charge in [-0.1, -0.05) is 24.1 Å². The molecule has 1 aliphatic heterocycles. The average Bonchev–Trinajstić information content (AvgIpc) is 2.53. The summed E-state index contributed by atoms with van der Waals surface area (Å²) in [6.45, 7) is 5.41. The highest BCUT2D eigenvalue weighted by Crippen LogP contribution is 2.28. The van der Waals surface area contributed by atoms with Crippen molar-refractivity contribution in [3.8, 4) is 11.8 Å². The minimum Gasteiger partial charge on any atom is -0.394 e. The number of rotatable bonds is 3. The van der Waals surface area contributed by atoms with Gasteiger partial charge in [-0.2, -0.15) is 0 Å². The van der Waals surface area contributed by atoms with Crippen molar-refractivity contribution in [2.24, 2.45) is 0 Å². The van der Waals surface area contributed by atoms with Crippen molar-refractivity contribution in [3.05, 3.63) is 24.3 Å². The van der Waals surface area contributed by atoms with Crippen LogP contribution in [-0.4, -0.2) is 29.7 Å². The summed E-state index contributed by atoms with van der Waals surface area (Å²) >= 11 is 0. The molecule has 1 saturated heterocycles. The number of aliphatic hydroxyl groups is 1. The Hall–Kier alpha value is -1.08. The largest absolute Gasteiger partial charge is 0.394 e. The van der Waals surface area contributed by atoms with Gasteiger partial charge in [-0.05, 0) is 26.8 Å². The van der Waals surface area contributed by atoms with Gasteiger partial charge >= 0.3 is 0 Å². The second-order valence-corrected chi connectivity index (χ2v) is 3.96. The summed E-state index contributed by atoms with van der Waals surface area (Å²) in [5.74, 6) is 4.94. The fourth-order valence-electron chi connectivity index (χ4n) is 1.53. The molecule has 88 valence electrons. The van der Waals surface area contributed by atoms with E-state index in [4.69, 9.17) is 14.6 Å². The predicted molar refractivity (Wildman–Crippen MR) is 62.6 cm³/mol.